The summed E-state index contributed by atoms with van der Waals surface area (Å²) in [6.45, 7) is 5.03. The number of amides is 1. The monoisotopic (exact) mass is 387 g/mol. The molecular weight excluding hydrogens is 362 g/mol. The number of carbonyl (C=O) groups excluding carboxylic acids is 1. The topological polar surface area (TPSA) is 54.5 Å². The number of carbonyl (C=O) groups is 1. The van der Waals surface area contributed by atoms with Gasteiger partial charge < -0.3 is 15.0 Å². The molecule has 1 amide bonds. The third-order valence-corrected chi connectivity index (χ3v) is 4.90. The van der Waals surface area contributed by atoms with Gasteiger partial charge in [0, 0.05) is 37.3 Å². The quantitative estimate of drug-likeness (QED) is 0.788. The van der Waals surface area contributed by atoms with Gasteiger partial charge in [0.1, 0.15) is 5.82 Å². The van der Waals surface area contributed by atoms with Crippen LogP contribution in [0, 0.1) is 0 Å². The van der Waals surface area contributed by atoms with Gasteiger partial charge in [-0.05, 0) is 49.1 Å². The lowest BCUT2D eigenvalue weighted by atomic mass is 10.1. The first-order valence-corrected chi connectivity index (χ1v) is 9.80. The number of halogens is 1. The van der Waals surface area contributed by atoms with Crippen LogP contribution in [-0.2, 0) is 22.5 Å². The first-order chi connectivity index (χ1) is 13.1. The van der Waals surface area contributed by atoms with Crippen LogP contribution in [0.1, 0.15) is 30.9 Å². The SMILES string of the molecule is C[C@@H]1CN(c2ccc(CNC(=O)CCCc3ccc(Cl)cc3)cn2)CCO1. The number of nitrogens with zero attached hydrogens (tertiary/aromatic N) is 2. The minimum Gasteiger partial charge on any atom is -0.375 e. The molecule has 5 nitrogen and oxygen atoms in total. The summed E-state index contributed by atoms with van der Waals surface area (Å²) in [5.41, 5.74) is 2.20. The van der Waals surface area contributed by atoms with Crippen LogP contribution < -0.4 is 10.2 Å². The fourth-order valence-electron chi connectivity index (χ4n) is 3.13. The smallest absolute Gasteiger partial charge is 0.220 e. The van der Waals surface area contributed by atoms with Crippen LogP contribution in [0.2, 0.25) is 5.02 Å². The average molecular weight is 388 g/mol. The number of aryl methyl sites for hydroxylation is 1. The van der Waals surface area contributed by atoms with E-state index in [4.69, 9.17) is 16.3 Å². The summed E-state index contributed by atoms with van der Waals surface area (Å²) < 4.78 is 5.56. The molecule has 1 fully saturated rings. The van der Waals surface area contributed by atoms with Crippen molar-refractivity contribution in [3.63, 3.8) is 0 Å². The molecule has 1 aromatic carbocycles. The fourth-order valence-corrected chi connectivity index (χ4v) is 3.25. The number of morpholine rings is 1. The largest absolute Gasteiger partial charge is 0.375 e. The maximum atomic E-state index is 12.0. The Hall–Kier alpha value is -2.11. The van der Waals surface area contributed by atoms with Gasteiger partial charge in [0.05, 0.1) is 12.7 Å². The molecule has 0 saturated carbocycles. The van der Waals surface area contributed by atoms with Crippen LogP contribution in [0.3, 0.4) is 0 Å². The molecule has 2 heterocycles. The maximum absolute atomic E-state index is 12.0. The van der Waals surface area contributed by atoms with E-state index in [2.05, 4.69) is 22.1 Å². The zero-order valence-electron chi connectivity index (χ0n) is 15.7. The van der Waals surface area contributed by atoms with Crippen molar-refractivity contribution < 1.29 is 9.53 Å². The van der Waals surface area contributed by atoms with Gasteiger partial charge in [-0.25, -0.2) is 4.98 Å². The van der Waals surface area contributed by atoms with Gasteiger partial charge >= 0.3 is 0 Å². The van der Waals surface area contributed by atoms with Gasteiger partial charge in [0.2, 0.25) is 5.91 Å². The zero-order chi connectivity index (χ0) is 19.1. The van der Waals surface area contributed by atoms with Crippen molar-refractivity contribution in [1.29, 1.82) is 0 Å². The summed E-state index contributed by atoms with van der Waals surface area (Å²) in [7, 11) is 0. The first kappa shape index (κ1) is 19.6. The van der Waals surface area contributed by atoms with E-state index in [0.717, 1.165) is 48.9 Å². The average Bonchev–Trinajstić information content (AvgIpc) is 2.68. The van der Waals surface area contributed by atoms with Crippen molar-refractivity contribution in [3.8, 4) is 0 Å². The van der Waals surface area contributed by atoms with Crippen molar-refractivity contribution in [2.24, 2.45) is 0 Å². The zero-order valence-corrected chi connectivity index (χ0v) is 16.4. The molecule has 0 aliphatic carbocycles. The molecule has 1 N–H and O–H groups in total. The Labute approximate surface area is 165 Å². The molecule has 3 rings (SSSR count). The Morgan fingerprint density at radius 1 is 1.26 bits per heavy atom. The van der Waals surface area contributed by atoms with E-state index in [1.165, 1.54) is 5.56 Å². The van der Waals surface area contributed by atoms with Crippen LogP contribution >= 0.6 is 11.6 Å². The standard InChI is InChI=1S/C21H26ClN3O2/c1-16-15-25(11-12-27-16)20-10-7-18(13-23-20)14-24-21(26)4-2-3-17-5-8-19(22)9-6-17/h5-10,13,16H,2-4,11-12,14-15H2,1H3,(H,24,26)/t16-/m1/s1. The molecule has 1 aliphatic heterocycles. The molecule has 0 bridgehead atoms. The highest BCUT2D eigenvalue weighted by atomic mass is 35.5. The maximum Gasteiger partial charge on any atom is 0.220 e. The van der Waals surface area contributed by atoms with Crippen LogP contribution in [0.15, 0.2) is 42.6 Å². The van der Waals surface area contributed by atoms with Crippen molar-refractivity contribution in [3.05, 3.63) is 58.7 Å². The number of hydrogen-bond donors (Lipinski definition) is 1. The van der Waals surface area contributed by atoms with E-state index in [9.17, 15) is 4.79 Å². The number of rotatable bonds is 7. The van der Waals surface area contributed by atoms with E-state index >= 15 is 0 Å². The van der Waals surface area contributed by atoms with Gasteiger partial charge in [-0.2, -0.15) is 0 Å². The molecule has 6 heteroatoms. The summed E-state index contributed by atoms with van der Waals surface area (Å²) in [6.07, 6.45) is 4.27. The highest BCUT2D eigenvalue weighted by Crippen LogP contribution is 2.15. The number of hydrogen-bond acceptors (Lipinski definition) is 4. The van der Waals surface area contributed by atoms with Crippen molar-refractivity contribution in [1.82, 2.24) is 10.3 Å². The Morgan fingerprint density at radius 2 is 2.04 bits per heavy atom. The number of benzene rings is 1. The Bertz CT molecular complexity index is 734. The number of anilines is 1. The van der Waals surface area contributed by atoms with E-state index in [0.29, 0.717) is 13.0 Å². The van der Waals surface area contributed by atoms with Crippen molar-refractivity contribution in [2.45, 2.75) is 38.8 Å². The predicted molar refractivity (Wildman–Crippen MR) is 108 cm³/mol. The number of pyridine rings is 1. The lowest BCUT2D eigenvalue weighted by molar-refractivity contribution is -0.121. The third-order valence-electron chi connectivity index (χ3n) is 4.65. The summed E-state index contributed by atoms with van der Waals surface area (Å²) >= 11 is 5.88. The third kappa shape index (κ3) is 6.22. The van der Waals surface area contributed by atoms with E-state index in [1.54, 1.807) is 0 Å². The Balaban J connectivity index is 1.38. The lowest BCUT2D eigenvalue weighted by Gasteiger charge is -2.32. The minimum absolute atomic E-state index is 0.0649. The molecule has 2 aromatic rings. The van der Waals surface area contributed by atoms with Gasteiger partial charge in [0.15, 0.2) is 0 Å². The Kier molecular flexibility index (Phi) is 7.07. The lowest BCUT2D eigenvalue weighted by Crippen LogP contribution is -2.41. The van der Waals surface area contributed by atoms with Gasteiger partial charge in [-0.3, -0.25) is 4.79 Å². The van der Waals surface area contributed by atoms with Gasteiger partial charge in [-0.15, -0.1) is 0 Å². The summed E-state index contributed by atoms with van der Waals surface area (Å²) in [6, 6.07) is 11.8. The molecule has 0 radical (unpaired) electrons. The van der Waals surface area contributed by atoms with Crippen LogP contribution in [0.4, 0.5) is 5.82 Å². The number of nitrogens with one attached hydrogen (secondary N) is 1. The summed E-state index contributed by atoms with van der Waals surface area (Å²) in [5.74, 6) is 1.03. The first-order valence-electron chi connectivity index (χ1n) is 9.43. The molecule has 0 spiro atoms. The molecule has 1 aliphatic rings. The second-order valence-electron chi connectivity index (χ2n) is 6.91. The van der Waals surface area contributed by atoms with Crippen LogP contribution in [0.25, 0.3) is 0 Å². The normalized spacial score (nSPS) is 17.0. The molecular formula is C21H26ClN3O2. The minimum atomic E-state index is 0.0649. The second-order valence-corrected chi connectivity index (χ2v) is 7.35. The molecule has 144 valence electrons. The van der Waals surface area contributed by atoms with E-state index in [1.807, 2.05) is 42.6 Å². The van der Waals surface area contributed by atoms with E-state index in [-0.39, 0.29) is 12.0 Å². The van der Waals surface area contributed by atoms with Crippen molar-refractivity contribution in [2.75, 3.05) is 24.6 Å². The molecule has 27 heavy (non-hydrogen) atoms. The fraction of sp³-hybridized carbons (Fsp3) is 0.429. The van der Waals surface area contributed by atoms with E-state index < -0.39 is 0 Å². The molecule has 0 unspecified atom stereocenters. The predicted octanol–water partition coefficient (Wildman–Crippen LogP) is 3.60. The van der Waals surface area contributed by atoms with Crippen LogP contribution in [0.5, 0.6) is 0 Å². The summed E-state index contributed by atoms with van der Waals surface area (Å²) in [4.78, 5) is 18.8. The van der Waals surface area contributed by atoms with Gasteiger partial charge in [-0.1, -0.05) is 29.8 Å². The highest BCUT2D eigenvalue weighted by Gasteiger charge is 2.17. The van der Waals surface area contributed by atoms with Crippen LogP contribution in [-0.4, -0.2) is 36.7 Å². The second kappa shape index (κ2) is 9.72. The highest BCUT2D eigenvalue weighted by molar-refractivity contribution is 6.30. The molecule has 1 aromatic heterocycles. The Morgan fingerprint density at radius 3 is 2.74 bits per heavy atom. The molecule has 1 atom stereocenters. The van der Waals surface area contributed by atoms with Crippen molar-refractivity contribution >= 4 is 23.3 Å². The number of ether oxygens (including phenoxy) is 1. The van der Waals surface area contributed by atoms with Gasteiger partial charge in [0.25, 0.3) is 0 Å². The summed E-state index contributed by atoms with van der Waals surface area (Å²) in [5, 5.41) is 3.70. The molecule has 1 saturated heterocycles. The number of aromatic nitrogens is 1.